The summed E-state index contributed by atoms with van der Waals surface area (Å²) in [5, 5.41) is 6.07. The Balaban J connectivity index is 1.55. The fourth-order valence-corrected chi connectivity index (χ4v) is 2.85. The highest BCUT2D eigenvalue weighted by Gasteiger charge is 2.10. The zero-order valence-corrected chi connectivity index (χ0v) is 16.9. The first kappa shape index (κ1) is 20.4. The molecule has 0 atom stereocenters. The Hall–Kier alpha value is -3.31. The lowest BCUT2D eigenvalue weighted by atomic mass is 10.1. The second-order valence-corrected chi connectivity index (χ2v) is 7.02. The number of aryl methyl sites for hydroxylation is 2. The van der Waals surface area contributed by atoms with E-state index in [1.807, 2.05) is 32.0 Å². The Labute approximate surface area is 174 Å². The lowest BCUT2D eigenvalue weighted by Gasteiger charge is -2.11. The van der Waals surface area contributed by atoms with Crippen LogP contribution in [0.5, 0.6) is 5.75 Å². The molecule has 29 heavy (non-hydrogen) atoms. The van der Waals surface area contributed by atoms with Gasteiger partial charge in [-0.3, -0.25) is 9.59 Å². The molecule has 6 heteroatoms. The molecular formula is C23H21ClN2O3. The maximum absolute atomic E-state index is 12.3. The Morgan fingerprint density at radius 3 is 2.34 bits per heavy atom. The number of carbonyl (C=O) groups is 2. The quantitative estimate of drug-likeness (QED) is 0.587. The third-order valence-electron chi connectivity index (χ3n) is 4.28. The summed E-state index contributed by atoms with van der Waals surface area (Å²) in [6.07, 6.45) is 0. The number of halogens is 1. The lowest BCUT2D eigenvalue weighted by molar-refractivity contribution is -0.118. The minimum Gasteiger partial charge on any atom is -0.484 e. The van der Waals surface area contributed by atoms with E-state index < -0.39 is 0 Å². The monoisotopic (exact) mass is 408 g/mol. The van der Waals surface area contributed by atoms with E-state index >= 15 is 0 Å². The van der Waals surface area contributed by atoms with Crippen LogP contribution in [0.1, 0.15) is 21.5 Å². The van der Waals surface area contributed by atoms with Gasteiger partial charge >= 0.3 is 0 Å². The number of amides is 2. The van der Waals surface area contributed by atoms with Gasteiger partial charge in [0, 0.05) is 11.3 Å². The predicted molar refractivity (Wildman–Crippen MR) is 116 cm³/mol. The third-order valence-corrected chi connectivity index (χ3v) is 4.61. The average Bonchev–Trinajstić information content (AvgIpc) is 2.71. The van der Waals surface area contributed by atoms with Crippen LogP contribution in [0.25, 0.3) is 0 Å². The van der Waals surface area contributed by atoms with Crippen LogP contribution in [-0.4, -0.2) is 18.4 Å². The zero-order valence-electron chi connectivity index (χ0n) is 16.2. The largest absolute Gasteiger partial charge is 0.484 e. The zero-order chi connectivity index (χ0) is 20.8. The summed E-state index contributed by atoms with van der Waals surface area (Å²) in [7, 11) is 0. The van der Waals surface area contributed by atoms with Crippen LogP contribution in [-0.2, 0) is 4.79 Å². The lowest BCUT2D eigenvalue weighted by Crippen LogP contribution is -2.20. The van der Waals surface area contributed by atoms with Crippen molar-refractivity contribution in [2.45, 2.75) is 13.8 Å². The molecule has 0 bridgehead atoms. The molecule has 0 fully saturated rings. The van der Waals surface area contributed by atoms with Gasteiger partial charge in [-0.05, 0) is 67.4 Å². The number of nitrogens with one attached hydrogen (secondary N) is 2. The Morgan fingerprint density at radius 2 is 1.62 bits per heavy atom. The summed E-state index contributed by atoms with van der Waals surface area (Å²) in [5.74, 6) is -0.0352. The third kappa shape index (κ3) is 5.59. The van der Waals surface area contributed by atoms with Crippen molar-refractivity contribution in [3.63, 3.8) is 0 Å². The molecule has 0 radical (unpaired) electrons. The maximum Gasteiger partial charge on any atom is 0.262 e. The molecule has 0 heterocycles. The fourth-order valence-electron chi connectivity index (χ4n) is 2.67. The number of para-hydroxylation sites is 1. The van der Waals surface area contributed by atoms with Crippen LogP contribution in [0.15, 0.2) is 66.7 Å². The van der Waals surface area contributed by atoms with Gasteiger partial charge in [-0.2, -0.15) is 0 Å². The first-order chi connectivity index (χ1) is 13.9. The highest BCUT2D eigenvalue weighted by Crippen LogP contribution is 2.22. The van der Waals surface area contributed by atoms with Gasteiger partial charge in [-0.15, -0.1) is 0 Å². The van der Waals surface area contributed by atoms with Gasteiger partial charge in [-0.25, -0.2) is 0 Å². The van der Waals surface area contributed by atoms with Gasteiger partial charge < -0.3 is 15.4 Å². The number of hydrogen-bond acceptors (Lipinski definition) is 3. The molecule has 2 N–H and O–H groups in total. The predicted octanol–water partition coefficient (Wildman–Crippen LogP) is 5.23. The van der Waals surface area contributed by atoms with E-state index in [2.05, 4.69) is 10.6 Å². The Bertz CT molecular complexity index is 1030. The van der Waals surface area contributed by atoms with Gasteiger partial charge in [0.15, 0.2) is 6.61 Å². The molecule has 0 saturated carbocycles. The standard InChI is InChI=1S/C23H21ClN2O3/c1-15-7-8-16(2)21(13-15)25-22(27)14-29-18-11-9-17(10-12-18)23(28)26-20-6-4-3-5-19(20)24/h3-13H,14H2,1-2H3,(H,25,27)(H,26,28). The van der Waals surface area contributed by atoms with Gasteiger partial charge in [0.05, 0.1) is 10.7 Å². The molecule has 0 aromatic heterocycles. The van der Waals surface area contributed by atoms with Gasteiger partial charge in [0.25, 0.3) is 11.8 Å². The van der Waals surface area contributed by atoms with Crippen LogP contribution in [0.4, 0.5) is 11.4 Å². The SMILES string of the molecule is Cc1ccc(C)c(NC(=O)COc2ccc(C(=O)Nc3ccccc3Cl)cc2)c1. The van der Waals surface area contributed by atoms with E-state index in [0.29, 0.717) is 22.0 Å². The summed E-state index contributed by atoms with van der Waals surface area (Å²) >= 11 is 6.06. The molecule has 0 saturated heterocycles. The van der Waals surface area contributed by atoms with Crippen molar-refractivity contribution in [3.05, 3.63) is 88.4 Å². The molecule has 0 aliphatic heterocycles. The van der Waals surface area contributed by atoms with Crippen molar-refractivity contribution in [1.29, 1.82) is 0 Å². The second kappa shape index (κ2) is 9.26. The topological polar surface area (TPSA) is 67.4 Å². The Kier molecular flexibility index (Phi) is 6.52. The van der Waals surface area contributed by atoms with Crippen molar-refractivity contribution in [1.82, 2.24) is 0 Å². The van der Waals surface area contributed by atoms with Gasteiger partial charge in [0.1, 0.15) is 5.75 Å². The molecule has 2 amide bonds. The number of ether oxygens (including phenoxy) is 1. The average molecular weight is 409 g/mol. The van der Waals surface area contributed by atoms with Crippen LogP contribution in [0, 0.1) is 13.8 Å². The van der Waals surface area contributed by atoms with E-state index in [1.165, 1.54) is 0 Å². The fraction of sp³-hybridized carbons (Fsp3) is 0.130. The molecule has 0 unspecified atom stereocenters. The number of anilines is 2. The van der Waals surface area contributed by atoms with E-state index in [-0.39, 0.29) is 18.4 Å². The highest BCUT2D eigenvalue weighted by molar-refractivity contribution is 6.33. The van der Waals surface area contributed by atoms with Crippen molar-refractivity contribution in [2.75, 3.05) is 17.2 Å². The van der Waals surface area contributed by atoms with Gasteiger partial charge in [0.2, 0.25) is 0 Å². The number of hydrogen-bond donors (Lipinski definition) is 2. The van der Waals surface area contributed by atoms with Crippen LogP contribution < -0.4 is 15.4 Å². The summed E-state index contributed by atoms with van der Waals surface area (Å²) in [5.41, 5.74) is 3.82. The first-order valence-corrected chi connectivity index (χ1v) is 9.46. The van der Waals surface area contributed by atoms with E-state index in [0.717, 1.165) is 16.8 Å². The smallest absolute Gasteiger partial charge is 0.262 e. The molecule has 3 aromatic rings. The van der Waals surface area contributed by atoms with Crippen molar-refractivity contribution in [3.8, 4) is 5.75 Å². The Morgan fingerprint density at radius 1 is 0.897 bits per heavy atom. The van der Waals surface area contributed by atoms with Gasteiger partial charge in [-0.1, -0.05) is 35.9 Å². The number of carbonyl (C=O) groups excluding carboxylic acids is 2. The molecule has 0 aliphatic rings. The molecular weight excluding hydrogens is 388 g/mol. The summed E-state index contributed by atoms with van der Waals surface area (Å²) in [4.78, 5) is 24.5. The first-order valence-electron chi connectivity index (χ1n) is 9.08. The molecule has 3 aromatic carbocycles. The molecule has 148 valence electrons. The molecule has 0 aliphatic carbocycles. The second-order valence-electron chi connectivity index (χ2n) is 6.61. The number of rotatable bonds is 6. The van der Waals surface area contributed by atoms with E-state index in [9.17, 15) is 9.59 Å². The summed E-state index contributed by atoms with van der Waals surface area (Å²) in [6, 6.07) is 19.4. The maximum atomic E-state index is 12.3. The van der Waals surface area contributed by atoms with Crippen LogP contribution in [0.3, 0.4) is 0 Å². The minimum atomic E-state index is -0.280. The molecule has 3 rings (SSSR count). The van der Waals surface area contributed by atoms with Crippen molar-refractivity contribution >= 4 is 34.8 Å². The van der Waals surface area contributed by atoms with Crippen LogP contribution >= 0.6 is 11.6 Å². The minimum absolute atomic E-state index is 0.126. The number of benzene rings is 3. The van der Waals surface area contributed by atoms with E-state index in [4.69, 9.17) is 16.3 Å². The molecule has 5 nitrogen and oxygen atoms in total. The van der Waals surface area contributed by atoms with Crippen LogP contribution in [0.2, 0.25) is 5.02 Å². The highest BCUT2D eigenvalue weighted by atomic mass is 35.5. The summed E-state index contributed by atoms with van der Waals surface area (Å²) < 4.78 is 5.52. The van der Waals surface area contributed by atoms with Crippen molar-refractivity contribution < 1.29 is 14.3 Å². The van der Waals surface area contributed by atoms with Crippen molar-refractivity contribution in [2.24, 2.45) is 0 Å². The summed E-state index contributed by atoms with van der Waals surface area (Å²) in [6.45, 7) is 3.77. The van der Waals surface area contributed by atoms with E-state index in [1.54, 1.807) is 48.5 Å². The normalized spacial score (nSPS) is 10.3. The molecule has 0 spiro atoms.